The molecule has 4 heteroatoms. The predicted molar refractivity (Wildman–Crippen MR) is 59.8 cm³/mol. The molecule has 1 amide bonds. The number of rotatable bonds is 3. The molecule has 0 fully saturated rings. The number of carbonyl (C=O) groups excluding carboxylic acids is 1. The maximum atomic E-state index is 11.4. The Kier molecular flexibility index (Phi) is 4.12. The van der Waals surface area contributed by atoms with E-state index in [1.54, 1.807) is 4.90 Å². The summed E-state index contributed by atoms with van der Waals surface area (Å²) in [7, 11) is 1.37. The zero-order valence-electron chi connectivity index (χ0n) is 9.06. The van der Waals surface area contributed by atoms with Crippen LogP contribution in [0.3, 0.4) is 0 Å². The highest BCUT2D eigenvalue weighted by molar-refractivity contribution is 5.87. The summed E-state index contributed by atoms with van der Waals surface area (Å²) in [6, 6.07) is 7.53. The molecule has 0 atom stereocenters. The molecule has 1 aromatic carbocycles. The number of amides is 1. The van der Waals surface area contributed by atoms with Crippen molar-refractivity contribution < 1.29 is 9.53 Å². The topological polar surface area (TPSA) is 55.6 Å². The summed E-state index contributed by atoms with van der Waals surface area (Å²) in [6.45, 7) is 2.98. The van der Waals surface area contributed by atoms with Gasteiger partial charge in [-0.1, -0.05) is 12.1 Å². The van der Waals surface area contributed by atoms with E-state index in [1.165, 1.54) is 7.11 Å². The van der Waals surface area contributed by atoms with Crippen LogP contribution >= 0.6 is 0 Å². The third-order valence-corrected chi connectivity index (χ3v) is 2.19. The van der Waals surface area contributed by atoms with Gasteiger partial charge in [-0.2, -0.15) is 0 Å². The van der Waals surface area contributed by atoms with Gasteiger partial charge in [0, 0.05) is 18.8 Å². The molecule has 0 unspecified atom stereocenters. The molecular weight excluding hydrogens is 192 g/mol. The van der Waals surface area contributed by atoms with Crippen molar-refractivity contribution in [1.82, 2.24) is 0 Å². The Morgan fingerprint density at radius 2 is 2.00 bits per heavy atom. The first-order valence-corrected chi connectivity index (χ1v) is 4.87. The van der Waals surface area contributed by atoms with Gasteiger partial charge in [0.05, 0.1) is 7.11 Å². The van der Waals surface area contributed by atoms with Gasteiger partial charge in [-0.05, 0) is 24.6 Å². The highest BCUT2D eigenvalue weighted by Gasteiger charge is 2.13. The first-order chi connectivity index (χ1) is 7.22. The molecule has 15 heavy (non-hydrogen) atoms. The van der Waals surface area contributed by atoms with Crippen LogP contribution in [0.2, 0.25) is 0 Å². The van der Waals surface area contributed by atoms with Crippen LogP contribution in [0.15, 0.2) is 24.3 Å². The number of ether oxygens (including phenoxy) is 1. The van der Waals surface area contributed by atoms with E-state index in [2.05, 4.69) is 4.74 Å². The average Bonchev–Trinajstić information content (AvgIpc) is 2.30. The molecule has 0 spiro atoms. The van der Waals surface area contributed by atoms with Crippen LogP contribution in [0, 0.1) is 0 Å². The Morgan fingerprint density at radius 3 is 2.40 bits per heavy atom. The second-order valence-corrected chi connectivity index (χ2v) is 3.08. The van der Waals surface area contributed by atoms with E-state index in [0.29, 0.717) is 13.1 Å². The molecule has 1 aromatic rings. The van der Waals surface area contributed by atoms with Gasteiger partial charge in [0.1, 0.15) is 0 Å². The second kappa shape index (κ2) is 5.36. The molecule has 0 bridgehead atoms. The Balaban J connectivity index is 2.87. The fourth-order valence-corrected chi connectivity index (χ4v) is 1.34. The molecule has 1 rings (SSSR count). The molecule has 4 nitrogen and oxygen atoms in total. The molecular formula is C11H16N2O2. The standard InChI is InChI=1S/C11H16N2O2/c1-3-13(11(14)15-2)10-6-4-9(8-12)5-7-10/h4-7H,3,8,12H2,1-2H3. The third kappa shape index (κ3) is 2.70. The van der Waals surface area contributed by atoms with Crippen molar-refractivity contribution in [2.24, 2.45) is 5.73 Å². The van der Waals surface area contributed by atoms with E-state index in [-0.39, 0.29) is 6.09 Å². The summed E-state index contributed by atoms with van der Waals surface area (Å²) < 4.78 is 4.68. The van der Waals surface area contributed by atoms with Gasteiger partial charge < -0.3 is 10.5 Å². The van der Waals surface area contributed by atoms with Gasteiger partial charge in [-0.25, -0.2) is 4.79 Å². The van der Waals surface area contributed by atoms with E-state index < -0.39 is 0 Å². The molecule has 0 aliphatic carbocycles. The van der Waals surface area contributed by atoms with Gasteiger partial charge in [0.15, 0.2) is 0 Å². The monoisotopic (exact) mass is 208 g/mol. The minimum absolute atomic E-state index is 0.349. The fourth-order valence-electron chi connectivity index (χ4n) is 1.34. The number of nitrogens with two attached hydrogens (primary N) is 1. The maximum absolute atomic E-state index is 11.4. The minimum Gasteiger partial charge on any atom is -0.452 e. The number of hydrogen-bond donors (Lipinski definition) is 1. The van der Waals surface area contributed by atoms with Crippen LogP contribution < -0.4 is 10.6 Å². The number of carbonyl (C=O) groups is 1. The third-order valence-electron chi connectivity index (χ3n) is 2.19. The molecule has 82 valence electrons. The van der Waals surface area contributed by atoms with Gasteiger partial charge in [-0.15, -0.1) is 0 Å². The lowest BCUT2D eigenvalue weighted by molar-refractivity contribution is 0.179. The Hall–Kier alpha value is -1.55. The summed E-state index contributed by atoms with van der Waals surface area (Å²) in [6.07, 6.45) is -0.349. The van der Waals surface area contributed by atoms with E-state index >= 15 is 0 Å². The molecule has 0 aliphatic heterocycles. The van der Waals surface area contributed by atoms with Gasteiger partial charge >= 0.3 is 6.09 Å². The van der Waals surface area contributed by atoms with Crippen molar-refractivity contribution in [1.29, 1.82) is 0 Å². The highest BCUT2D eigenvalue weighted by Crippen LogP contribution is 2.15. The van der Waals surface area contributed by atoms with Crippen molar-refractivity contribution in [3.05, 3.63) is 29.8 Å². The zero-order valence-corrected chi connectivity index (χ0v) is 9.06. The number of anilines is 1. The Bertz CT molecular complexity index is 322. The van der Waals surface area contributed by atoms with Crippen LogP contribution in [0.4, 0.5) is 10.5 Å². The lowest BCUT2D eigenvalue weighted by Gasteiger charge is -2.19. The maximum Gasteiger partial charge on any atom is 0.413 e. The SMILES string of the molecule is CCN(C(=O)OC)c1ccc(CN)cc1. The lowest BCUT2D eigenvalue weighted by atomic mass is 10.2. The van der Waals surface area contributed by atoms with Crippen molar-refractivity contribution >= 4 is 11.8 Å². The Morgan fingerprint density at radius 1 is 1.40 bits per heavy atom. The predicted octanol–water partition coefficient (Wildman–Crippen LogP) is 1.74. The zero-order chi connectivity index (χ0) is 11.3. The largest absolute Gasteiger partial charge is 0.452 e. The van der Waals surface area contributed by atoms with Crippen molar-refractivity contribution in [2.45, 2.75) is 13.5 Å². The summed E-state index contributed by atoms with van der Waals surface area (Å²) in [4.78, 5) is 12.9. The Labute approximate surface area is 89.6 Å². The summed E-state index contributed by atoms with van der Waals surface area (Å²) >= 11 is 0. The van der Waals surface area contributed by atoms with Crippen molar-refractivity contribution in [3.63, 3.8) is 0 Å². The van der Waals surface area contributed by atoms with Crippen LogP contribution in [0.5, 0.6) is 0 Å². The van der Waals surface area contributed by atoms with Gasteiger partial charge in [0.2, 0.25) is 0 Å². The van der Waals surface area contributed by atoms with Gasteiger partial charge in [-0.3, -0.25) is 4.90 Å². The summed E-state index contributed by atoms with van der Waals surface area (Å²) in [5.74, 6) is 0. The molecule has 0 aromatic heterocycles. The number of methoxy groups -OCH3 is 1. The summed E-state index contributed by atoms with van der Waals surface area (Å²) in [5, 5.41) is 0. The highest BCUT2D eigenvalue weighted by atomic mass is 16.5. The van der Waals surface area contributed by atoms with E-state index in [4.69, 9.17) is 5.73 Å². The van der Waals surface area contributed by atoms with Crippen LogP contribution in [0.25, 0.3) is 0 Å². The van der Waals surface area contributed by atoms with E-state index in [1.807, 2.05) is 31.2 Å². The molecule has 2 N–H and O–H groups in total. The number of benzene rings is 1. The fraction of sp³-hybridized carbons (Fsp3) is 0.364. The summed E-state index contributed by atoms with van der Waals surface area (Å²) in [5.41, 5.74) is 7.35. The molecule has 0 aliphatic rings. The van der Waals surface area contributed by atoms with Crippen LogP contribution in [-0.2, 0) is 11.3 Å². The molecule has 0 radical (unpaired) electrons. The molecule has 0 saturated carbocycles. The quantitative estimate of drug-likeness (QED) is 0.823. The van der Waals surface area contributed by atoms with E-state index in [9.17, 15) is 4.79 Å². The van der Waals surface area contributed by atoms with Crippen LogP contribution in [0.1, 0.15) is 12.5 Å². The first-order valence-electron chi connectivity index (χ1n) is 4.87. The van der Waals surface area contributed by atoms with E-state index in [0.717, 1.165) is 11.3 Å². The van der Waals surface area contributed by atoms with Crippen LogP contribution in [-0.4, -0.2) is 19.7 Å². The minimum atomic E-state index is -0.349. The average molecular weight is 208 g/mol. The molecule has 0 heterocycles. The smallest absolute Gasteiger partial charge is 0.413 e. The lowest BCUT2D eigenvalue weighted by Crippen LogP contribution is -2.30. The first kappa shape index (κ1) is 11.5. The normalized spacial score (nSPS) is 9.80. The second-order valence-electron chi connectivity index (χ2n) is 3.08. The molecule has 0 saturated heterocycles. The van der Waals surface area contributed by atoms with Crippen molar-refractivity contribution in [3.8, 4) is 0 Å². The number of nitrogens with zero attached hydrogens (tertiary/aromatic N) is 1. The van der Waals surface area contributed by atoms with Crippen molar-refractivity contribution in [2.75, 3.05) is 18.6 Å². The number of hydrogen-bond acceptors (Lipinski definition) is 3. The van der Waals surface area contributed by atoms with Gasteiger partial charge in [0.25, 0.3) is 0 Å².